The molecule has 0 bridgehead atoms. The van der Waals surface area contributed by atoms with Gasteiger partial charge in [-0.1, -0.05) is 0 Å². The van der Waals surface area contributed by atoms with E-state index in [1.807, 2.05) is 0 Å². The van der Waals surface area contributed by atoms with Crippen LogP contribution in [0.25, 0.3) is 0 Å². The molecule has 1 aliphatic rings. The molecule has 1 saturated heterocycles. The zero-order chi connectivity index (χ0) is 16.5. The minimum absolute atomic E-state index is 0.00418. The van der Waals surface area contributed by atoms with Crippen molar-refractivity contribution in [2.24, 2.45) is 0 Å². The summed E-state index contributed by atoms with van der Waals surface area (Å²) in [4.78, 5) is 24.3. The lowest BCUT2D eigenvalue weighted by atomic mass is 10.1. The molecule has 12 heteroatoms. The summed E-state index contributed by atoms with van der Waals surface area (Å²) in [6, 6.07) is 1.32. The van der Waals surface area contributed by atoms with Gasteiger partial charge in [0.05, 0.1) is 6.61 Å². The number of hydrogen-bond donors (Lipinski definition) is 4. The second kappa shape index (κ2) is 6.42. The number of rotatable bonds is 5. The number of nitrogens with zero attached hydrogens (tertiary/aromatic N) is 2. The number of ether oxygens (including phenoxy) is 1. The summed E-state index contributed by atoms with van der Waals surface area (Å²) in [5, 5.41) is 19.8. The highest BCUT2D eigenvalue weighted by atomic mass is 31.2. The molecule has 5 N–H and O–H groups in total. The molecule has 0 amide bonds. The number of hydrogen-bond acceptors (Lipinski definition) is 9. The van der Waals surface area contributed by atoms with E-state index in [4.69, 9.17) is 15.4 Å². The standard InChI is InChI=1S/C10H16N3O8P/c1-19-22(17,18)20-4-5-7(14)8(15)9(21-5)13-3-2-6(11)12-10(13)16/h2-3,5,7-9,14-15H,4H2,1H3,(H,17,18)(H2,11,12,16)/t5-,7?,8?,9?/m1/s1. The van der Waals surface area contributed by atoms with Crippen LogP contribution in [0.3, 0.4) is 0 Å². The van der Waals surface area contributed by atoms with Crippen LogP contribution in [0.2, 0.25) is 0 Å². The third-order valence-electron chi connectivity index (χ3n) is 3.10. The van der Waals surface area contributed by atoms with Crippen LogP contribution in [0.15, 0.2) is 17.1 Å². The molecule has 0 radical (unpaired) electrons. The van der Waals surface area contributed by atoms with Crippen LogP contribution in [0.4, 0.5) is 5.82 Å². The molecule has 0 spiro atoms. The highest BCUT2D eigenvalue weighted by Crippen LogP contribution is 2.43. The van der Waals surface area contributed by atoms with Gasteiger partial charge in [-0.05, 0) is 6.07 Å². The van der Waals surface area contributed by atoms with Gasteiger partial charge in [0.1, 0.15) is 24.1 Å². The Morgan fingerprint density at radius 2 is 2.18 bits per heavy atom. The number of aliphatic hydroxyl groups is 2. The third-order valence-corrected chi connectivity index (χ3v) is 4.03. The van der Waals surface area contributed by atoms with Crippen molar-refractivity contribution in [1.82, 2.24) is 9.55 Å². The lowest BCUT2D eigenvalue weighted by molar-refractivity contribution is -0.0546. The summed E-state index contributed by atoms with van der Waals surface area (Å²) in [5.74, 6) is -0.00418. The van der Waals surface area contributed by atoms with Crippen molar-refractivity contribution in [2.75, 3.05) is 19.5 Å². The molecule has 11 nitrogen and oxygen atoms in total. The van der Waals surface area contributed by atoms with Crippen LogP contribution in [0.5, 0.6) is 0 Å². The van der Waals surface area contributed by atoms with Crippen molar-refractivity contribution >= 4 is 13.6 Å². The highest BCUT2D eigenvalue weighted by molar-refractivity contribution is 7.47. The minimum Gasteiger partial charge on any atom is -0.387 e. The van der Waals surface area contributed by atoms with Crippen LogP contribution >= 0.6 is 7.82 Å². The summed E-state index contributed by atoms with van der Waals surface area (Å²) >= 11 is 0. The number of phosphoric acid groups is 1. The topological polar surface area (TPSA) is 166 Å². The maximum absolute atomic E-state index is 11.7. The smallest absolute Gasteiger partial charge is 0.387 e. The first kappa shape index (κ1) is 17.0. The molecule has 5 atom stereocenters. The fraction of sp³-hybridized carbons (Fsp3) is 0.600. The summed E-state index contributed by atoms with van der Waals surface area (Å²) in [5.41, 5.74) is 4.58. The lowest BCUT2D eigenvalue weighted by Gasteiger charge is -2.17. The summed E-state index contributed by atoms with van der Waals surface area (Å²) in [6.07, 6.45) is -4.02. The normalized spacial score (nSPS) is 31.1. The van der Waals surface area contributed by atoms with Gasteiger partial charge in [-0.2, -0.15) is 4.98 Å². The van der Waals surface area contributed by atoms with E-state index < -0.39 is 44.7 Å². The summed E-state index contributed by atoms with van der Waals surface area (Å²) < 4.78 is 26.2. The predicted molar refractivity (Wildman–Crippen MR) is 71.6 cm³/mol. The summed E-state index contributed by atoms with van der Waals surface area (Å²) in [7, 11) is -3.27. The number of anilines is 1. The number of nitrogen functional groups attached to an aromatic ring is 1. The fourth-order valence-corrected chi connectivity index (χ4v) is 2.38. The van der Waals surface area contributed by atoms with E-state index in [-0.39, 0.29) is 5.82 Å². The Kier molecular flexibility index (Phi) is 4.97. The van der Waals surface area contributed by atoms with Crippen LogP contribution in [-0.4, -0.2) is 56.7 Å². The molecule has 4 unspecified atom stereocenters. The van der Waals surface area contributed by atoms with Crippen LogP contribution < -0.4 is 11.4 Å². The van der Waals surface area contributed by atoms with Crippen molar-refractivity contribution in [3.05, 3.63) is 22.7 Å². The van der Waals surface area contributed by atoms with Gasteiger partial charge in [-0.3, -0.25) is 13.6 Å². The van der Waals surface area contributed by atoms with Crippen molar-refractivity contribution in [3.63, 3.8) is 0 Å². The number of nitrogens with two attached hydrogens (primary N) is 1. The molecular weight excluding hydrogens is 321 g/mol. The Morgan fingerprint density at radius 1 is 1.50 bits per heavy atom. The molecule has 0 aliphatic carbocycles. The molecular formula is C10H16N3O8P. The SMILES string of the molecule is COP(=O)(O)OC[C@H]1OC(n2ccc(N)nc2=O)C(O)C1O. The van der Waals surface area contributed by atoms with Gasteiger partial charge in [0, 0.05) is 13.3 Å². The Balaban J connectivity index is 2.13. The van der Waals surface area contributed by atoms with Crippen LogP contribution in [-0.2, 0) is 18.3 Å². The molecule has 124 valence electrons. The van der Waals surface area contributed by atoms with Gasteiger partial charge in [0.25, 0.3) is 0 Å². The lowest BCUT2D eigenvalue weighted by Crippen LogP contribution is -2.36. The van der Waals surface area contributed by atoms with Crippen molar-refractivity contribution < 1.29 is 33.5 Å². The maximum Gasteiger partial charge on any atom is 0.472 e. The largest absolute Gasteiger partial charge is 0.472 e. The van der Waals surface area contributed by atoms with E-state index in [2.05, 4.69) is 14.0 Å². The first-order valence-electron chi connectivity index (χ1n) is 6.14. The Bertz CT molecular complexity index is 637. The van der Waals surface area contributed by atoms with Crippen LogP contribution in [0, 0.1) is 0 Å². The van der Waals surface area contributed by atoms with Gasteiger partial charge < -0.3 is 25.6 Å². The first-order chi connectivity index (χ1) is 10.2. The minimum atomic E-state index is -4.25. The van der Waals surface area contributed by atoms with E-state index >= 15 is 0 Å². The Hall–Kier alpha value is -1.33. The molecule has 2 heterocycles. The highest BCUT2D eigenvalue weighted by Gasteiger charge is 2.45. The monoisotopic (exact) mass is 337 g/mol. The number of aromatic nitrogens is 2. The molecule has 0 aromatic carbocycles. The molecule has 1 fully saturated rings. The molecule has 1 aromatic heterocycles. The van der Waals surface area contributed by atoms with E-state index in [0.29, 0.717) is 0 Å². The molecule has 1 aliphatic heterocycles. The Morgan fingerprint density at radius 3 is 2.77 bits per heavy atom. The zero-order valence-corrected chi connectivity index (χ0v) is 12.4. The summed E-state index contributed by atoms with van der Waals surface area (Å²) in [6.45, 7) is -0.520. The Labute approximate surface area is 124 Å². The van der Waals surface area contributed by atoms with E-state index in [0.717, 1.165) is 11.7 Å². The van der Waals surface area contributed by atoms with Gasteiger partial charge in [0.15, 0.2) is 6.23 Å². The molecule has 1 aromatic rings. The van der Waals surface area contributed by atoms with E-state index in [9.17, 15) is 19.6 Å². The maximum atomic E-state index is 11.7. The van der Waals surface area contributed by atoms with Crippen molar-refractivity contribution in [3.8, 4) is 0 Å². The van der Waals surface area contributed by atoms with Gasteiger partial charge in [0.2, 0.25) is 0 Å². The molecule has 0 saturated carbocycles. The fourth-order valence-electron chi connectivity index (χ4n) is 1.94. The number of aliphatic hydroxyl groups excluding tert-OH is 2. The average molecular weight is 337 g/mol. The predicted octanol–water partition coefficient (Wildman–Crippen LogP) is -1.79. The first-order valence-corrected chi connectivity index (χ1v) is 7.64. The van der Waals surface area contributed by atoms with Crippen molar-refractivity contribution in [2.45, 2.75) is 24.5 Å². The van der Waals surface area contributed by atoms with E-state index in [1.165, 1.54) is 12.3 Å². The van der Waals surface area contributed by atoms with Crippen molar-refractivity contribution in [1.29, 1.82) is 0 Å². The van der Waals surface area contributed by atoms with Gasteiger partial charge in [-0.25, -0.2) is 9.36 Å². The number of phosphoric ester groups is 1. The van der Waals surface area contributed by atoms with Gasteiger partial charge in [-0.15, -0.1) is 0 Å². The van der Waals surface area contributed by atoms with E-state index in [1.54, 1.807) is 0 Å². The van der Waals surface area contributed by atoms with Crippen LogP contribution in [0.1, 0.15) is 6.23 Å². The molecule has 22 heavy (non-hydrogen) atoms. The van der Waals surface area contributed by atoms with Gasteiger partial charge >= 0.3 is 13.5 Å². The molecule has 2 rings (SSSR count). The zero-order valence-electron chi connectivity index (χ0n) is 11.5. The quantitative estimate of drug-likeness (QED) is 0.450. The second-order valence-electron chi connectivity index (χ2n) is 4.54. The third kappa shape index (κ3) is 3.52. The average Bonchev–Trinajstić information content (AvgIpc) is 2.73. The second-order valence-corrected chi connectivity index (χ2v) is 6.10.